The Morgan fingerprint density at radius 2 is 2.00 bits per heavy atom. The molecule has 0 amide bonds. The van der Waals surface area contributed by atoms with E-state index in [4.69, 9.17) is 21.4 Å². The molecule has 0 aliphatic carbocycles. The number of para-hydroxylation sites is 1. The van der Waals surface area contributed by atoms with Gasteiger partial charge in [-0.25, -0.2) is 14.8 Å². The second kappa shape index (κ2) is 6.68. The van der Waals surface area contributed by atoms with Crippen LogP contribution < -0.4 is 4.74 Å². The Balaban J connectivity index is 1.97. The third-order valence-electron chi connectivity index (χ3n) is 2.34. The number of halogens is 1. The van der Waals surface area contributed by atoms with Gasteiger partial charge < -0.3 is 9.84 Å². The average Bonchev–Trinajstić information content (AvgIpc) is 2.45. The van der Waals surface area contributed by atoms with E-state index in [0.717, 1.165) is 6.08 Å². The molecule has 0 aliphatic rings. The van der Waals surface area contributed by atoms with Crippen LogP contribution in [-0.2, 0) is 11.4 Å². The average molecular weight is 291 g/mol. The molecule has 6 heteroatoms. The van der Waals surface area contributed by atoms with Crippen LogP contribution in [0.3, 0.4) is 0 Å². The lowest BCUT2D eigenvalue weighted by molar-refractivity contribution is -0.131. The maximum Gasteiger partial charge on any atom is 0.328 e. The van der Waals surface area contributed by atoms with Crippen LogP contribution in [0.1, 0.15) is 11.4 Å². The zero-order valence-electron chi connectivity index (χ0n) is 10.4. The molecule has 20 heavy (non-hydrogen) atoms. The topological polar surface area (TPSA) is 72.3 Å². The van der Waals surface area contributed by atoms with E-state index in [1.165, 1.54) is 18.5 Å². The fraction of sp³-hybridized carbons (Fsp3) is 0.0714. The molecule has 0 bridgehead atoms. The van der Waals surface area contributed by atoms with Gasteiger partial charge in [0.2, 0.25) is 0 Å². The number of aliphatic carboxylic acids is 1. The van der Waals surface area contributed by atoms with E-state index in [1.807, 2.05) is 12.1 Å². The van der Waals surface area contributed by atoms with Gasteiger partial charge in [0.05, 0.1) is 5.02 Å². The van der Waals surface area contributed by atoms with E-state index in [-0.39, 0.29) is 6.61 Å². The van der Waals surface area contributed by atoms with Crippen molar-refractivity contribution in [3.63, 3.8) is 0 Å². The van der Waals surface area contributed by atoms with Gasteiger partial charge in [-0.1, -0.05) is 23.7 Å². The first-order chi connectivity index (χ1) is 9.65. The van der Waals surface area contributed by atoms with Crippen molar-refractivity contribution in [1.82, 2.24) is 9.97 Å². The molecule has 5 nitrogen and oxygen atoms in total. The Kier molecular flexibility index (Phi) is 4.68. The Morgan fingerprint density at radius 3 is 2.65 bits per heavy atom. The predicted octanol–water partition coefficient (Wildman–Crippen LogP) is 2.81. The number of benzene rings is 1. The van der Waals surface area contributed by atoms with E-state index in [9.17, 15) is 4.79 Å². The fourth-order valence-electron chi connectivity index (χ4n) is 1.40. The Hall–Kier alpha value is -2.40. The van der Waals surface area contributed by atoms with E-state index >= 15 is 0 Å². The number of hydrogen-bond donors (Lipinski definition) is 1. The first-order valence-electron chi connectivity index (χ1n) is 5.74. The lowest BCUT2D eigenvalue weighted by atomic mass is 10.3. The van der Waals surface area contributed by atoms with E-state index in [0.29, 0.717) is 22.2 Å². The summed E-state index contributed by atoms with van der Waals surface area (Å²) in [5, 5.41) is 9.03. The number of carboxylic acid groups (broad SMARTS) is 1. The largest absolute Gasteiger partial charge is 0.484 e. The van der Waals surface area contributed by atoms with Gasteiger partial charge in [0.15, 0.2) is 5.82 Å². The van der Waals surface area contributed by atoms with Crippen molar-refractivity contribution in [3.8, 4) is 5.75 Å². The first-order valence-corrected chi connectivity index (χ1v) is 6.12. The summed E-state index contributed by atoms with van der Waals surface area (Å²) in [6, 6.07) is 7.13. The lowest BCUT2D eigenvalue weighted by Gasteiger charge is -2.06. The Labute approximate surface area is 120 Å². The summed E-state index contributed by atoms with van der Waals surface area (Å²) in [5.74, 6) is 0.0288. The van der Waals surface area contributed by atoms with Crippen molar-refractivity contribution < 1.29 is 14.6 Å². The van der Waals surface area contributed by atoms with Crippen LogP contribution in [0.15, 0.2) is 42.7 Å². The molecule has 0 aliphatic heterocycles. The van der Waals surface area contributed by atoms with Crippen molar-refractivity contribution in [1.29, 1.82) is 0 Å². The van der Waals surface area contributed by atoms with Crippen LogP contribution in [0.5, 0.6) is 5.75 Å². The van der Waals surface area contributed by atoms with Crippen molar-refractivity contribution in [2.45, 2.75) is 6.61 Å². The molecule has 1 aromatic heterocycles. The summed E-state index contributed by atoms with van der Waals surface area (Å²) in [5.41, 5.74) is 0.605. The number of ether oxygens (including phenoxy) is 1. The van der Waals surface area contributed by atoms with Crippen molar-refractivity contribution in [3.05, 3.63) is 59.1 Å². The van der Waals surface area contributed by atoms with Crippen molar-refractivity contribution in [2.75, 3.05) is 0 Å². The van der Waals surface area contributed by atoms with Gasteiger partial charge in [0.25, 0.3) is 0 Å². The molecule has 0 radical (unpaired) electrons. The molecule has 0 saturated carbocycles. The van der Waals surface area contributed by atoms with Crippen molar-refractivity contribution in [2.24, 2.45) is 0 Å². The molecule has 102 valence electrons. The van der Waals surface area contributed by atoms with Gasteiger partial charge in [-0.2, -0.15) is 0 Å². The molecule has 0 unspecified atom stereocenters. The van der Waals surface area contributed by atoms with Crippen LogP contribution >= 0.6 is 11.6 Å². The summed E-state index contributed by atoms with van der Waals surface area (Å²) in [7, 11) is 0. The Morgan fingerprint density at radius 1 is 1.30 bits per heavy atom. The highest BCUT2D eigenvalue weighted by Crippen LogP contribution is 2.23. The van der Waals surface area contributed by atoms with Crippen LogP contribution in [0.25, 0.3) is 6.08 Å². The minimum atomic E-state index is -1.02. The number of hydrogen-bond acceptors (Lipinski definition) is 4. The molecule has 1 N–H and O–H groups in total. The van der Waals surface area contributed by atoms with E-state index in [2.05, 4.69) is 9.97 Å². The maximum absolute atomic E-state index is 10.4. The molecule has 0 atom stereocenters. The number of nitrogens with zero attached hydrogens (tertiary/aromatic N) is 2. The monoisotopic (exact) mass is 290 g/mol. The number of carboxylic acids is 1. The van der Waals surface area contributed by atoms with Crippen LogP contribution in [-0.4, -0.2) is 21.0 Å². The molecule has 2 rings (SSSR count). The van der Waals surface area contributed by atoms with Gasteiger partial charge in [0.1, 0.15) is 12.4 Å². The van der Waals surface area contributed by atoms with E-state index < -0.39 is 5.97 Å². The van der Waals surface area contributed by atoms with Crippen LogP contribution in [0.2, 0.25) is 5.02 Å². The molecule has 0 spiro atoms. The fourth-order valence-corrected chi connectivity index (χ4v) is 1.59. The van der Waals surface area contributed by atoms with Gasteiger partial charge in [-0.3, -0.25) is 0 Å². The van der Waals surface area contributed by atoms with Crippen LogP contribution in [0.4, 0.5) is 0 Å². The first kappa shape index (κ1) is 14.0. The zero-order chi connectivity index (χ0) is 14.4. The molecular weight excluding hydrogens is 280 g/mol. The second-order valence-corrected chi connectivity index (χ2v) is 4.23. The number of rotatable bonds is 5. The third-order valence-corrected chi connectivity index (χ3v) is 2.65. The molecule has 2 aromatic rings. The summed E-state index contributed by atoms with van der Waals surface area (Å²) in [6.45, 7) is 0.187. The lowest BCUT2D eigenvalue weighted by Crippen LogP contribution is -2.01. The third kappa shape index (κ3) is 4.07. The predicted molar refractivity (Wildman–Crippen MR) is 74.5 cm³/mol. The summed E-state index contributed by atoms with van der Waals surface area (Å²) < 4.78 is 5.49. The molecule has 1 heterocycles. The minimum absolute atomic E-state index is 0.187. The zero-order valence-corrected chi connectivity index (χ0v) is 11.1. The Bertz CT molecular complexity index is 627. The molecule has 1 aromatic carbocycles. The van der Waals surface area contributed by atoms with E-state index in [1.54, 1.807) is 12.1 Å². The normalized spacial score (nSPS) is 10.7. The summed E-state index contributed by atoms with van der Waals surface area (Å²) >= 11 is 5.96. The van der Waals surface area contributed by atoms with Gasteiger partial charge in [-0.05, 0) is 18.2 Å². The summed E-state index contributed by atoms with van der Waals surface area (Å²) in [4.78, 5) is 18.5. The van der Waals surface area contributed by atoms with Crippen molar-refractivity contribution >= 4 is 23.6 Å². The maximum atomic E-state index is 10.4. The minimum Gasteiger partial charge on any atom is -0.484 e. The molecule has 0 fully saturated rings. The second-order valence-electron chi connectivity index (χ2n) is 3.82. The highest BCUT2D eigenvalue weighted by atomic mass is 35.5. The summed E-state index contributed by atoms with van der Waals surface area (Å²) in [6.07, 6.45) is 5.50. The van der Waals surface area contributed by atoms with Crippen LogP contribution in [0, 0.1) is 0 Å². The highest BCUT2D eigenvalue weighted by molar-refractivity contribution is 6.32. The molecule has 0 saturated heterocycles. The number of aromatic nitrogens is 2. The quantitative estimate of drug-likeness (QED) is 0.857. The smallest absolute Gasteiger partial charge is 0.328 e. The highest BCUT2D eigenvalue weighted by Gasteiger charge is 2.02. The van der Waals surface area contributed by atoms with Gasteiger partial charge in [-0.15, -0.1) is 0 Å². The van der Waals surface area contributed by atoms with Gasteiger partial charge in [0, 0.05) is 24.0 Å². The molecular formula is C14H11ClN2O3. The van der Waals surface area contributed by atoms with Gasteiger partial charge >= 0.3 is 5.97 Å². The standard InChI is InChI=1S/C14H11ClN2O3/c15-11-3-1-2-4-12(11)20-9-13-16-7-10(8-17-13)5-6-14(18)19/h1-8H,9H2,(H,18,19)/b6-5+. The number of carbonyl (C=O) groups is 1. The SMILES string of the molecule is O=C(O)/C=C/c1cnc(COc2ccccc2Cl)nc1.